The Morgan fingerprint density at radius 2 is 1.89 bits per heavy atom. The molecule has 2 atom stereocenters. The van der Waals surface area contributed by atoms with E-state index >= 15 is 0 Å². The van der Waals surface area contributed by atoms with Crippen molar-refractivity contribution in [2.75, 3.05) is 0 Å². The van der Waals surface area contributed by atoms with Crippen LogP contribution in [0.5, 0.6) is 0 Å². The van der Waals surface area contributed by atoms with Gasteiger partial charge in [0.1, 0.15) is 0 Å². The Bertz CT molecular complexity index is 351. The van der Waals surface area contributed by atoms with Gasteiger partial charge < -0.3 is 5.32 Å². The predicted octanol–water partition coefficient (Wildman–Crippen LogP) is 5.22. The molecule has 0 saturated heterocycles. The van der Waals surface area contributed by atoms with Gasteiger partial charge in [-0.1, -0.05) is 56.3 Å². The smallest absolute Gasteiger partial charge is 0.0408 e. The molecule has 0 heterocycles. The molecular weight excluding hydrogens is 254 g/mol. The first-order chi connectivity index (χ1) is 9.11. The monoisotopic (exact) mass is 281 g/mol. The Hall–Kier alpha value is -0.530. The molecular formula is C17H28ClN. The van der Waals surface area contributed by atoms with Crippen molar-refractivity contribution >= 4 is 11.6 Å². The van der Waals surface area contributed by atoms with Crippen molar-refractivity contribution in [1.29, 1.82) is 0 Å². The van der Waals surface area contributed by atoms with E-state index in [2.05, 4.69) is 38.2 Å². The summed E-state index contributed by atoms with van der Waals surface area (Å²) in [4.78, 5) is 0. The van der Waals surface area contributed by atoms with Gasteiger partial charge in [0.15, 0.2) is 0 Å². The van der Waals surface area contributed by atoms with Crippen LogP contribution in [0.3, 0.4) is 0 Å². The molecule has 0 saturated carbocycles. The van der Waals surface area contributed by atoms with E-state index in [-0.39, 0.29) is 0 Å². The molecule has 0 radical (unpaired) electrons. The Morgan fingerprint density at radius 1 is 1.11 bits per heavy atom. The van der Waals surface area contributed by atoms with Gasteiger partial charge in [-0.25, -0.2) is 0 Å². The van der Waals surface area contributed by atoms with Crippen LogP contribution < -0.4 is 5.32 Å². The number of rotatable bonds is 9. The number of nitrogens with one attached hydrogen (secondary N) is 1. The van der Waals surface area contributed by atoms with Gasteiger partial charge in [0.05, 0.1) is 0 Å². The Balaban J connectivity index is 2.24. The Labute approximate surface area is 123 Å². The number of benzene rings is 1. The summed E-state index contributed by atoms with van der Waals surface area (Å²) in [6.45, 7) is 6.80. The lowest BCUT2D eigenvalue weighted by Crippen LogP contribution is -2.35. The fourth-order valence-corrected chi connectivity index (χ4v) is 2.74. The third-order valence-electron chi connectivity index (χ3n) is 3.49. The van der Waals surface area contributed by atoms with Crippen molar-refractivity contribution in [2.45, 2.75) is 71.4 Å². The molecule has 2 heteroatoms. The third kappa shape index (κ3) is 7.59. The molecule has 0 aliphatic heterocycles. The van der Waals surface area contributed by atoms with Crippen LogP contribution in [0, 0.1) is 0 Å². The van der Waals surface area contributed by atoms with Gasteiger partial charge in [-0.2, -0.15) is 0 Å². The van der Waals surface area contributed by atoms with E-state index in [9.17, 15) is 0 Å². The van der Waals surface area contributed by atoms with E-state index in [0.29, 0.717) is 12.1 Å². The van der Waals surface area contributed by atoms with E-state index in [4.69, 9.17) is 11.6 Å². The van der Waals surface area contributed by atoms with Crippen LogP contribution in [0.15, 0.2) is 24.3 Å². The van der Waals surface area contributed by atoms with Gasteiger partial charge in [0, 0.05) is 17.1 Å². The maximum absolute atomic E-state index is 6.01. The van der Waals surface area contributed by atoms with Crippen LogP contribution in [0.1, 0.15) is 58.4 Å². The molecule has 0 bridgehead atoms. The predicted molar refractivity (Wildman–Crippen MR) is 86.0 cm³/mol. The summed E-state index contributed by atoms with van der Waals surface area (Å²) >= 11 is 6.01. The second-order valence-corrected chi connectivity index (χ2v) is 6.09. The van der Waals surface area contributed by atoms with Crippen molar-refractivity contribution in [3.05, 3.63) is 34.9 Å². The minimum atomic E-state index is 0.500. The highest BCUT2D eigenvalue weighted by Gasteiger charge is 2.08. The molecule has 0 spiro atoms. The lowest BCUT2D eigenvalue weighted by Gasteiger charge is -2.20. The summed E-state index contributed by atoms with van der Waals surface area (Å²) in [5, 5.41) is 4.51. The van der Waals surface area contributed by atoms with Gasteiger partial charge in [0.25, 0.3) is 0 Å². The van der Waals surface area contributed by atoms with Crippen LogP contribution in [0.2, 0.25) is 5.02 Å². The first kappa shape index (κ1) is 16.5. The second kappa shape index (κ2) is 9.39. The fraction of sp³-hybridized carbons (Fsp3) is 0.647. The van der Waals surface area contributed by atoms with Crippen LogP contribution in [0.4, 0.5) is 0 Å². The van der Waals surface area contributed by atoms with Crippen LogP contribution in [0.25, 0.3) is 0 Å². The molecule has 19 heavy (non-hydrogen) atoms. The maximum atomic E-state index is 6.01. The number of hydrogen-bond acceptors (Lipinski definition) is 1. The van der Waals surface area contributed by atoms with E-state index < -0.39 is 0 Å². The lowest BCUT2D eigenvalue weighted by molar-refractivity contribution is 0.428. The van der Waals surface area contributed by atoms with Crippen molar-refractivity contribution in [3.63, 3.8) is 0 Å². The summed E-state index contributed by atoms with van der Waals surface area (Å²) in [5.74, 6) is 0. The van der Waals surface area contributed by atoms with Gasteiger partial charge in [0.2, 0.25) is 0 Å². The van der Waals surface area contributed by atoms with Crippen LogP contribution in [-0.2, 0) is 6.42 Å². The first-order valence-electron chi connectivity index (χ1n) is 7.62. The summed E-state index contributed by atoms with van der Waals surface area (Å²) < 4.78 is 0. The molecule has 0 aromatic heterocycles. The molecule has 0 amide bonds. The van der Waals surface area contributed by atoms with Crippen molar-refractivity contribution in [2.24, 2.45) is 0 Å². The lowest BCUT2D eigenvalue weighted by atomic mass is 10.0. The molecule has 2 unspecified atom stereocenters. The first-order valence-corrected chi connectivity index (χ1v) is 8.00. The Morgan fingerprint density at radius 3 is 2.58 bits per heavy atom. The summed E-state index contributed by atoms with van der Waals surface area (Å²) in [7, 11) is 0. The summed E-state index contributed by atoms with van der Waals surface area (Å²) in [6, 6.07) is 9.27. The molecule has 108 valence electrons. The van der Waals surface area contributed by atoms with Crippen LogP contribution in [-0.4, -0.2) is 12.1 Å². The molecule has 0 aliphatic carbocycles. The highest BCUT2D eigenvalue weighted by Crippen LogP contribution is 2.13. The normalized spacial score (nSPS) is 14.3. The van der Waals surface area contributed by atoms with E-state index in [1.54, 1.807) is 0 Å². The molecule has 0 fully saturated rings. The van der Waals surface area contributed by atoms with E-state index in [1.807, 2.05) is 12.1 Å². The largest absolute Gasteiger partial charge is 0.311 e. The second-order valence-electron chi connectivity index (χ2n) is 5.65. The maximum Gasteiger partial charge on any atom is 0.0408 e. The molecule has 0 aliphatic rings. The SMILES string of the molecule is CCCCCCC(C)NC(C)Cc1cccc(Cl)c1. The number of halogens is 1. The van der Waals surface area contributed by atoms with Gasteiger partial charge in [-0.15, -0.1) is 0 Å². The molecule has 1 rings (SSSR count). The minimum absolute atomic E-state index is 0.500. The zero-order valence-corrected chi connectivity index (χ0v) is 13.3. The fourth-order valence-electron chi connectivity index (χ4n) is 2.52. The van der Waals surface area contributed by atoms with E-state index in [1.165, 1.54) is 37.7 Å². The van der Waals surface area contributed by atoms with Gasteiger partial charge >= 0.3 is 0 Å². The zero-order chi connectivity index (χ0) is 14.1. The molecule has 1 aromatic carbocycles. The molecule has 1 nitrogen and oxygen atoms in total. The highest BCUT2D eigenvalue weighted by molar-refractivity contribution is 6.30. The molecule has 1 aromatic rings. The quantitative estimate of drug-likeness (QED) is 0.612. The highest BCUT2D eigenvalue weighted by atomic mass is 35.5. The number of unbranched alkanes of at least 4 members (excludes halogenated alkanes) is 3. The van der Waals surface area contributed by atoms with Crippen molar-refractivity contribution in [3.8, 4) is 0 Å². The van der Waals surface area contributed by atoms with Gasteiger partial charge in [-0.05, 0) is 44.4 Å². The minimum Gasteiger partial charge on any atom is -0.311 e. The summed E-state index contributed by atoms with van der Waals surface area (Å²) in [5.41, 5.74) is 1.31. The Kier molecular flexibility index (Phi) is 8.16. The zero-order valence-electron chi connectivity index (χ0n) is 12.6. The average molecular weight is 282 g/mol. The molecule has 1 N–H and O–H groups in total. The topological polar surface area (TPSA) is 12.0 Å². The van der Waals surface area contributed by atoms with Crippen LogP contribution >= 0.6 is 11.6 Å². The standard InChI is InChI=1S/C17H28ClN/c1-4-5-6-7-9-14(2)19-15(3)12-16-10-8-11-17(18)13-16/h8,10-11,13-15,19H,4-7,9,12H2,1-3H3. The van der Waals surface area contributed by atoms with Gasteiger partial charge in [-0.3, -0.25) is 0 Å². The average Bonchev–Trinajstić information content (AvgIpc) is 2.34. The van der Waals surface area contributed by atoms with Crippen molar-refractivity contribution in [1.82, 2.24) is 5.32 Å². The van der Waals surface area contributed by atoms with E-state index in [0.717, 1.165) is 11.4 Å². The third-order valence-corrected chi connectivity index (χ3v) is 3.73. The summed E-state index contributed by atoms with van der Waals surface area (Å²) in [6.07, 6.45) is 7.70. The van der Waals surface area contributed by atoms with Crippen molar-refractivity contribution < 1.29 is 0 Å². The number of hydrogen-bond donors (Lipinski definition) is 1.